The van der Waals surface area contributed by atoms with Crippen molar-refractivity contribution in [1.82, 2.24) is 0 Å². The average molecular weight is 354 g/mol. The molecule has 0 unspecified atom stereocenters. The van der Waals surface area contributed by atoms with Gasteiger partial charge in [0.1, 0.15) is 24.2 Å². The summed E-state index contributed by atoms with van der Waals surface area (Å²) < 4.78 is 15.8. The van der Waals surface area contributed by atoms with Gasteiger partial charge in [0.15, 0.2) is 0 Å². The van der Waals surface area contributed by atoms with Crippen LogP contribution in [0.4, 0.5) is 0 Å². The highest BCUT2D eigenvalue weighted by atomic mass is 16.5. The van der Waals surface area contributed by atoms with Crippen LogP contribution in [0.2, 0.25) is 0 Å². The molecule has 0 amide bonds. The van der Waals surface area contributed by atoms with Gasteiger partial charge in [-0.25, -0.2) is 4.79 Å². The second kappa shape index (κ2) is 8.85. The molecule has 0 spiro atoms. The number of aldehydes is 1. The van der Waals surface area contributed by atoms with Crippen molar-refractivity contribution in [3.63, 3.8) is 0 Å². The molecule has 0 aliphatic heterocycles. The maximum absolute atomic E-state index is 12.1. The van der Waals surface area contributed by atoms with Gasteiger partial charge in [0, 0.05) is 5.56 Å². The van der Waals surface area contributed by atoms with Crippen LogP contribution in [-0.2, 0) is 20.9 Å². The Hall–Kier alpha value is -3.08. The lowest BCUT2D eigenvalue weighted by Crippen LogP contribution is -2.08. The van der Waals surface area contributed by atoms with E-state index in [2.05, 4.69) is 0 Å². The Kier molecular flexibility index (Phi) is 6.55. The average Bonchev–Trinajstić information content (AvgIpc) is 2.66. The summed E-state index contributed by atoms with van der Waals surface area (Å²) in [6, 6.07) is 11.0. The molecule has 136 valence electrons. The quantitative estimate of drug-likeness (QED) is 0.327. The molecular formula is C21H22O5. The molecule has 5 heteroatoms. The highest BCUT2D eigenvalue weighted by Gasteiger charge is 2.17. The molecule has 26 heavy (non-hydrogen) atoms. The zero-order valence-electron chi connectivity index (χ0n) is 15.4. The summed E-state index contributed by atoms with van der Waals surface area (Å²) in [6.45, 7) is 4.01. The smallest absolute Gasteiger partial charge is 0.341 e. The molecule has 0 atom stereocenters. The zero-order valence-corrected chi connectivity index (χ0v) is 15.4. The Labute approximate surface area is 153 Å². The van der Waals surface area contributed by atoms with Crippen molar-refractivity contribution in [2.75, 3.05) is 14.2 Å². The van der Waals surface area contributed by atoms with Gasteiger partial charge >= 0.3 is 5.97 Å². The number of carbonyl (C=O) groups is 2. The Morgan fingerprint density at radius 3 is 2.46 bits per heavy atom. The summed E-state index contributed by atoms with van der Waals surface area (Å²) in [5.41, 5.74) is 4.18. The molecule has 2 rings (SSSR count). The van der Waals surface area contributed by atoms with Crippen LogP contribution in [0, 0.1) is 13.8 Å². The van der Waals surface area contributed by atoms with E-state index in [1.165, 1.54) is 20.5 Å². The third-order valence-electron chi connectivity index (χ3n) is 4.02. The second-order valence-corrected chi connectivity index (χ2v) is 5.80. The molecule has 0 heterocycles. The molecule has 0 saturated heterocycles. The lowest BCUT2D eigenvalue weighted by atomic mass is 10.0. The highest BCUT2D eigenvalue weighted by Crippen LogP contribution is 2.26. The van der Waals surface area contributed by atoms with Crippen LogP contribution in [0.5, 0.6) is 5.75 Å². The van der Waals surface area contributed by atoms with Gasteiger partial charge in [-0.15, -0.1) is 0 Å². The third-order valence-corrected chi connectivity index (χ3v) is 4.02. The minimum atomic E-state index is -0.485. The monoisotopic (exact) mass is 354 g/mol. The Morgan fingerprint density at radius 2 is 1.81 bits per heavy atom. The first-order valence-corrected chi connectivity index (χ1v) is 8.10. The molecule has 0 fully saturated rings. The number of ether oxygens (including phenoxy) is 3. The fourth-order valence-corrected chi connectivity index (χ4v) is 2.61. The maximum Gasteiger partial charge on any atom is 0.341 e. The van der Waals surface area contributed by atoms with Gasteiger partial charge in [-0.05, 0) is 48.2 Å². The number of carbonyl (C=O) groups excluding carboxylic acids is 2. The Morgan fingerprint density at radius 1 is 1.08 bits per heavy atom. The number of hydrogen-bond acceptors (Lipinski definition) is 5. The van der Waals surface area contributed by atoms with Crippen LogP contribution in [0.15, 0.2) is 42.7 Å². The molecule has 0 bridgehead atoms. The molecular weight excluding hydrogens is 332 g/mol. The van der Waals surface area contributed by atoms with Gasteiger partial charge in [-0.2, -0.15) is 0 Å². The molecule has 0 aliphatic carbocycles. The summed E-state index contributed by atoms with van der Waals surface area (Å²) in [7, 11) is 2.80. The largest absolute Gasteiger partial charge is 0.503 e. The zero-order chi connectivity index (χ0) is 19.1. The van der Waals surface area contributed by atoms with E-state index in [-0.39, 0.29) is 6.61 Å². The van der Waals surface area contributed by atoms with Crippen molar-refractivity contribution >= 4 is 17.8 Å². The van der Waals surface area contributed by atoms with E-state index in [0.29, 0.717) is 22.4 Å². The topological polar surface area (TPSA) is 61.8 Å². The first kappa shape index (κ1) is 19.2. The van der Waals surface area contributed by atoms with Crippen LogP contribution >= 0.6 is 0 Å². The van der Waals surface area contributed by atoms with Crippen LogP contribution in [0.25, 0.3) is 5.57 Å². The SMILES string of the molecule is CO/C=C(\C(=O)OC)c1ccccc1COc1cc(C)c(C=O)cc1C. The minimum Gasteiger partial charge on any atom is -0.503 e. The fraction of sp³-hybridized carbons (Fsp3) is 0.238. The van der Waals surface area contributed by atoms with Crippen molar-refractivity contribution in [3.05, 3.63) is 70.5 Å². The maximum atomic E-state index is 12.1. The lowest BCUT2D eigenvalue weighted by molar-refractivity contribution is -0.133. The summed E-state index contributed by atoms with van der Waals surface area (Å²) in [6.07, 6.45) is 2.19. The predicted molar refractivity (Wildman–Crippen MR) is 99.1 cm³/mol. The number of methoxy groups -OCH3 is 2. The van der Waals surface area contributed by atoms with Crippen molar-refractivity contribution < 1.29 is 23.8 Å². The first-order chi connectivity index (χ1) is 12.5. The van der Waals surface area contributed by atoms with Crippen molar-refractivity contribution in [1.29, 1.82) is 0 Å². The highest BCUT2D eigenvalue weighted by molar-refractivity contribution is 6.16. The van der Waals surface area contributed by atoms with E-state index in [1.54, 1.807) is 6.07 Å². The van der Waals surface area contributed by atoms with Crippen molar-refractivity contribution in [3.8, 4) is 5.75 Å². The predicted octanol–water partition coefficient (Wildman–Crippen LogP) is 3.86. The van der Waals surface area contributed by atoms with Gasteiger partial charge in [0.05, 0.1) is 20.5 Å². The Bertz CT molecular complexity index is 836. The normalized spacial score (nSPS) is 11.0. The van der Waals surface area contributed by atoms with E-state index in [0.717, 1.165) is 23.0 Å². The molecule has 0 saturated carbocycles. The number of rotatable bonds is 7. The molecule has 0 aliphatic rings. The standard InChI is InChI=1S/C21H22O5/c1-14-10-20(15(2)9-17(14)11-22)26-12-16-7-5-6-8-18(16)19(13-24-3)21(23)25-4/h5-11,13H,12H2,1-4H3/b19-13-. The molecule has 5 nitrogen and oxygen atoms in total. The van der Waals surface area contributed by atoms with E-state index in [1.807, 2.05) is 44.2 Å². The molecule has 2 aromatic rings. The molecule has 0 N–H and O–H groups in total. The van der Waals surface area contributed by atoms with Crippen LogP contribution in [0.1, 0.15) is 32.6 Å². The van der Waals surface area contributed by atoms with E-state index < -0.39 is 5.97 Å². The Balaban J connectivity index is 2.32. The van der Waals surface area contributed by atoms with E-state index >= 15 is 0 Å². The molecule has 0 aromatic heterocycles. The van der Waals surface area contributed by atoms with Gasteiger partial charge in [0.25, 0.3) is 0 Å². The summed E-state index contributed by atoms with van der Waals surface area (Å²) >= 11 is 0. The summed E-state index contributed by atoms with van der Waals surface area (Å²) in [5, 5.41) is 0. The second-order valence-electron chi connectivity index (χ2n) is 5.80. The number of esters is 1. The third kappa shape index (κ3) is 4.30. The van der Waals surface area contributed by atoms with E-state index in [4.69, 9.17) is 14.2 Å². The molecule has 0 radical (unpaired) electrons. The van der Waals surface area contributed by atoms with E-state index in [9.17, 15) is 9.59 Å². The van der Waals surface area contributed by atoms with Gasteiger partial charge in [0.2, 0.25) is 0 Å². The van der Waals surface area contributed by atoms with Gasteiger partial charge in [-0.3, -0.25) is 4.79 Å². The van der Waals surface area contributed by atoms with Crippen LogP contribution < -0.4 is 4.74 Å². The summed E-state index contributed by atoms with van der Waals surface area (Å²) in [4.78, 5) is 23.1. The van der Waals surface area contributed by atoms with Gasteiger partial charge in [-0.1, -0.05) is 24.3 Å². The van der Waals surface area contributed by atoms with Crippen LogP contribution in [0.3, 0.4) is 0 Å². The van der Waals surface area contributed by atoms with Crippen molar-refractivity contribution in [2.45, 2.75) is 20.5 Å². The minimum absolute atomic E-state index is 0.259. The van der Waals surface area contributed by atoms with Crippen LogP contribution in [-0.4, -0.2) is 26.5 Å². The van der Waals surface area contributed by atoms with Gasteiger partial charge < -0.3 is 14.2 Å². The first-order valence-electron chi connectivity index (χ1n) is 8.10. The number of aryl methyl sites for hydroxylation is 2. The summed E-state index contributed by atoms with van der Waals surface area (Å²) in [5.74, 6) is 0.208. The number of benzene rings is 2. The molecule has 2 aromatic carbocycles. The fourth-order valence-electron chi connectivity index (χ4n) is 2.61. The lowest BCUT2D eigenvalue weighted by Gasteiger charge is -2.15. The number of hydrogen-bond donors (Lipinski definition) is 0. The van der Waals surface area contributed by atoms with Crippen molar-refractivity contribution in [2.24, 2.45) is 0 Å².